The molecule has 4 aromatic rings. The van der Waals surface area contributed by atoms with Crippen LogP contribution in [0.1, 0.15) is 25.0 Å². The number of nitrogens with zero attached hydrogens (tertiary/aromatic N) is 5. The molecule has 8 nitrogen and oxygen atoms in total. The van der Waals surface area contributed by atoms with E-state index in [1.807, 2.05) is 24.3 Å². The van der Waals surface area contributed by atoms with Crippen LogP contribution in [0.25, 0.3) is 22.2 Å². The summed E-state index contributed by atoms with van der Waals surface area (Å²) in [6.45, 7) is -0.106. The normalized spacial score (nSPS) is 14.9. The molecule has 1 amide bonds. The van der Waals surface area contributed by atoms with E-state index >= 15 is 0 Å². The fraction of sp³-hybridized carbons (Fsp3) is 0.227. The lowest BCUT2D eigenvalue weighted by Gasteiger charge is -2.49. The van der Waals surface area contributed by atoms with Crippen molar-refractivity contribution in [3.8, 4) is 11.3 Å². The summed E-state index contributed by atoms with van der Waals surface area (Å²) in [4.78, 5) is 17.9. The van der Waals surface area contributed by atoms with Gasteiger partial charge in [-0.25, -0.2) is 4.39 Å². The standard InChI is InChI=1S/C22H20FN7O/c23-16-3-1-10-25-21(16)22(8-2-9-22)30(13-19(24)31)20-7-6-17(28-29-20)14-4-5-18-15(11-14)12-26-27-18/h1,3-7,10-12H,2,8-9,13H2,(H2,24,31)(H,26,27). The number of rotatable bonds is 6. The SMILES string of the molecule is NC(=O)CN(c1ccc(-c2ccc3[nH]ncc3c2)nn1)C1(c2ncccc2F)CCC1. The van der Waals surface area contributed by atoms with Gasteiger partial charge < -0.3 is 10.6 Å². The summed E-state index contributed by atoms with van der Waals surface area (Å²) in [5.74, 6) is -0.481. The minimum Gasteiger partial charge on any atom is -0.368 e. The molecule has 1 fully saturated rings. The lowest BCUT2D eigenvalue weighted by Crippen LogP contribution is -2.55. The molecule has 0 unspecified atom stereocenters. The van der Waals surface area contributed by atoms with Crippen molar-refractivity contribution in [1.82, 2.24) is 25.4 Å². The van der Waals surface area contributed by atoms with Gasteiger partial charge in [0.2, 0.25) is 5.91 Å². The molecule has 5 rings (SSSR count). The van der Waals surface area contributed by atoms with Crippen molar-refractivity contribution < 1.29 is 9.18 Å². The third kappa shape index (κ3) is 3.27. The van der Waals surface area contributed by atoms with Crippen LogP contribution in [0.4, 0.5) is 10.2 Å². The lowest BCUT2D eigenvalue weighted by atomic mass is 9.72. The number of hydrogen-bond donors (Lipinski definition) is 2. The Labute approximate surface area is 177 Å². The number of benzene rings is 1. The Bertz CT molecular complexity index is 1250. The number of halogens is 1. The second-order valence-corrected chi connectivity index (χ2v) is 7.72. The van der Waals surface area contributed by atoms with E-state index in [4.69, 9.17) is 5.73 Å². The van der Waals surface area contributed by atoms with Crippen LogP contribution in [0.3, 0.4) is 0 Å². The number of aromatic amines is 1. The highest BCUT2D eigenvalue weighted by Gasteiger charge is 2.48. The van der Waals surface area contributed by atoms with Crippen LogP contribution in [0.5, 0.6) is 0 Å². The highest BCUT2D eigenvalue weighted by Crippen LogP contribution is 2.47. The molecule has 0 bridgehead atoms. The van der Waals surface area contributed by atoms with Crippen molar-refractivity contribution in [1.29, 1.82) is 0 Å². The molecule has 1 aliphatic rings. The van der Waals surface area contributed by atoms with E-state index in [-0.39, 0.29) is 6.54 Å². The van der Waals surface area contributed by atoms with Crippen LogP contribution in [-0.2, 0) is 10.3 Å². The van der Waals surface area contributed by atoms with Gasteiger partial charge >= 0.3 is 0 Å². The Balaban J connectivity index is 1.53. The highest BCUT2D eigenvalue weighted by atomic mass is 19.1. The maximum absolute atomic E-state index is 14.7. The van der Waals surface area contributed by atoms with E-state index in [2.05, 4.69) is 25.4 Å². The maximum atomic E-state index is 14.7. The first-order valence-electron chi connectivity index (χ1n) is 10.0. The van der Waals surface area contributed by atoms with Gasteiger partial charge in [-0.05, 0) is 55.7 Å². The number of fused-ring (bicyclic) bond motifs is 1. The number of nitrogens with two attached hydrogens (primary N) is 1. The molecular weight excluding hydrogens is 397 g/mol. The molecule has 3 heterocycles. The fourth-order valence-electron chi connectivity index (χ4n) is 4.21. The maximum Gasteiger partial charge on any atom is 0.237 e. The molecule has 0 saturated heterocycles. The molecule has 0 aliphatic heterocycles. The smallest absolute Gasteiger partial charge is 0.237 e. The molecule has 1 aliphatic carbocycles. The van der Waals surface area contributed by atoms with Crippen LogP contribution >= 0.6 is 0 Å². The number of anilines is 1. The summed E-state index contributed by atoms with van der Waals surface area (Å²) >= 11 is 0. The van der Waals surface area contributed by atoms with Gasteiger partial charge in [-0.2, -0.15) is 5.10 Å². The third-order valence-electron chi connectivity index (χ3n) is 5.87. The minimum atomic E-state index is -0.772. The summed E-state index contributed by atoms with van der Waals surface area (Å²) in [7, 11) is 0. The van der Waals surface area contributed by atoms with Gasteiger partial charge in [0.25, 0.3) is 0 Å². The number of pyridine rings is 1. The number of carbonyl (C=O) groups is 1. The van der Waals surface area contributed by atoms with Gasteiger partial charge in [0.1, 0.15) is 11.5 Å². The molecule has 31 heavy (non-hydrogen) atoms. The van der Waals surface area contributed by atoms with Crippen LogP contribution in [0, 0.1) is 5.82 Å². The average molecular weight is 417 g/mol. The van der Waals surface area contributed by atoms with Crippen LogP contribution in [-0.4, -0.2) is 37.8 Å². The summed E-state index contributed by atoms with van der Waals surface area (Å²) < 4.78 is 14.7. The lowest BCUT2D eigenvalue weighted by molar-refractivity contribution is -0.117. The molecule has 0 atom stereocenters. The predicted molar refractivity (Wildman–Crippen MR) is 113 cm³/mol. The van der Waals surface area contributed by atoms with Crippen molar-refractivity contribution in [3.63, 3.8) is 0 Å². The molecule has 1 saturated carbocycles. The van der Waals surface area contributed by atoms with E-state index in [1.54, 1.807) is 29.4 Å². The van der Waals surface area contributed by atoms with E-state index in [9.17, 15) is 9.18 Å². The van der Waals surface area contributed by atoms with Crippen LogP contribution < -0.4 is 10.6 Å². The molecule has 9 heteroatoms. The van der Waals surface area contributed by atoms with Crippen molar-refractivity contribution in [2.45, 2.75) is 24.8 Å². The zero-order valence-corrected chi connectivity index (χ0v) is 16.6. The largest absolute Gasteiger partial charge is 0.368 e. The van der Waals surface area contributed by atoms with Crippen molar-refractivity contribution in [3.05, 3.63) is 66.4 Å². The quantitative estimate of drug-likeness (QED) is 0.499. The van der Waals surface area contributed by atoms with Crippen molar-refractivity contribution >= 4 is 22.6 Å². The first-order chi connectivity index (χ1) is 15.1. The highest BCUT2D eigenvalue weighted by molar-refractivity contribution is 5.83. The molecule has 156 valence electrons. The van der Waals surface area contributed by atoms with Crippen molar-refractivity contribution in [2.75, 3.05) is 11.4 Å². The van der Waals surface area contributed by atoms with Crippen LogP contribution in [0.15, 0.2) is 54.9 Å². The molecule has 3 N–H and O–H groups in total. The minimum absolute atomic E-state index is 0.106. The Hall–Kier alpha value is -3.88. The number of H-pyrrole nitrogens is 1. The predicted octanol–water partition coefficient (Wildman–Crippen LogP) is 2.93. The number of amides is 1. The Kier molecular flexibility index (Phi) is 4.58. The number of carbonyl (C=O) groups excluding carboxylic acids is 1. The first-order valence-corrected chi connectivity index (χ1v) is 10.0. The summed E-state index contributed by atoms with van der Waals surface area (Å²) in [6, 6.07) is 12.4. The van der Waals surface area contributed by atoms with Crippen molar-refractivity contribution in [2.24, 2.45) is 5.73 Å². The Morgan fingerprint density at radius 2 is 2.06 bits per heavy atom. The fourth-order valence-corrected chi connectivity index (χ4v) is 4.21. The zero-order chi connectivity index (χ0) is 21.4. The second kappa shape index (κ2) is 7.42. The monoisotopic (exact) mass is 417 g/mol. The molecule has 0 spiro atoms. The van der Waals surface area contributed by atoms with Gasteiger partial charge in [-0.1, -0.05) is 6.07 Å². The molecule has 3 aromatic heterocycles. The van der Waals surface area contributed by atoms with Gasteiger partial charge in [0.05, 0.1) is 29.5 Å². The molecule has 1 aromatic carbocycles. The van der Waals surface area contributed by atoms with Gasteiger partial charge in [-0.15, -0.1) is 10.2 Å². The number of aromatic nitrogens is 5. The van der Waals surface area contributed by atoms with Crippen LogP contribution in [0.2, 0.25) is 0 Å². The van der Waals surface area contributed by atoms with Gasteiger partial charge in [-0.3, -0.25) is 14.9 Å². The Morgan fingerprint density at radius 1 is 1.19 bits per heavy atom. The summed E-state index contributed by atoms with van der Waals surface area (Å²) in [5, 5.41) is 16.7. The third-order valence-corrected chi connectivity index (χ3v) is 5.87. The molecule has 0 radical (unpaired) electrons. The second-order valence-electron chi connectivity index (χ2n) is 7.72. The number of hydrogen-bond acceptors (Lipinski definition) is 6. The number of nitrogens with one attached hydrogen (secondary N) is 1. The van der Waals surface area contributed by atoms with E-state index < -0.39 is 17.3 Å². The topological polar surface area (TPSA) is 114 Å². The zero-order valence-electron chi connectivity index (χ0n) is 16.6. The van der Waals surface area contributed by atoms with E-state index in [1.165, 1.54) is 6.07 Å². The van der Waals surface area contributed by atoms with E-state index in [0.717, 1.165) is 22.9 Å². The summed E-state index contributed by atoms with van der Waals surface area (Å²) in [6.07, 6.45) is 5.49. The van der Waals surface area contributed by atoms with E-state index in [0.29, 0.717) is 30.0 Å². The number of primary amides is 1. The average Bonchev–Trinajstić information content (AvgIpc) is 3.21. The first kappa shape index (κ1) is 19.1. The Morgan fingerprint density at radius 3 is 2.74 bits per heavy atom. The summed E-state index contributed by atoms with van der Waals surface area (Å²) in [5.41, 5.74) is 7.57. The van der Waals surface area contributed by atoms with Gasteiger partial charge in [0.15, 0.2) is 5.82 Å². The van der Waals surface area contributed by atoms with Gasteiger partial charge in [0, 0.05) is 17.1 Å². The molecular formula is C22H20FN7O.